The molecule has 1 amide bonds. The first kappa shape index (κ1) is 12.2. The average molecular weight is 246 g/mol. The SMILES string of the molecule is COc1ccccc1CCNC(=O)c1ccno1. The minimum atomic E-state index is -0.262. The van der Waals surface area contributed by atoms with Crippen LogP contribution >= 0.6 is 0 Å². The molecule has 18 heavy (non-hydrogen) atoms. The van der Waals surface area contributed by atoms with E-state index >= 15 is 0 Å². The van der Waals surface area contributed by atoms with Gasteiger partial charge in [-0.15, -0.1) is 0 Å². The summed E-state index contributed by atoms with van der Waals surface area (Å²) in [4.78, 5) is 11.6. The molecule has 1 aromatic carbocycles. The number of methoxy groups -OCH3 is 1. The molecule has 0 aliphatic heterocycles. The monoisotopic (exact) mass is 246 g/mol. The summed E-state index contributed by atoms with van der Waals surface area (Å²) in [6, 6.07) is 9.25. The quantitative estimate of drug-likeness (QED) is 0.871. The molecule has 1 N–H and O–H groups in total. The first-order valence-corrected chi connectivity index (χ1v) is 5.62. The van der Waals surface area contributed by atoms with Gasteiger partial charge in [0.15, 0.2) is 0 Å². The Morgan fingerprint density at radius 3 is 2.94 bits per heavy atom. The zero-order chi connectivity index (χ0) is 12.8. The largest absolute Gasteiger partial charge is 0.496 e. The van der Waals surface area contributed by atoms with E-state index in [9.17, 15) is 4.79 Å². The van der Waals surface area contributed by atoms with Gasteiger partial charge in [0.1, 0.15) is 5.75 Å². The molecule has 0 aliphatic rings. The lowest BCUT2D eigenvalue weighted by atomic mass is 10.1. The molecule has 2 aromatic rings. The highest BCUT2D eigenvalue weighted by molar-refractivity contribution is 5.91. The van der Waals surface area contributed by atoms with Crippen molar-refractivity contribution in [2.24, 2.45) is 0 Å². The van der Waals surface area contributed by atoms with Crippen LogP contribution in [0.2, 0.25) is 0 Å². The molecule has 1 aromatic heterocycles. The Hall–Kier alpha value is -2.30. The van der Waals surface area contributed by atoms with Crippen LogP contribution < -0.4 is 10.1 Å². The van der Waals surface area contributed by atoms with Gasteiger partial charge in [0.05, 0.1) is 13.3 Å². The van der Waals surface area contributed by atoms with Crippen LogP contribution in [0.15, 0.2) is 41.1 Å². The van der Waals surface area contributed by atoms with Gasteiger partial charge in [-0.3, -0.25) is 4.79 Å². The summed E-state index contributed by atoms with van der Waals surface area (Å²) in [7, 11) is 1.63. The van der Waals surface area contributed by atoms with Crippen LogP contribution in [0, 0.1) is 0 Å². The highest BCUT2D eigenvalue weighted by Gasteiger charge is 2.09. The summed E-state index contributed by atoms with van der Waals surface area (Å²) in [6.07, 6.45) is 2.14. The third-order valence-electron chi connectivity index (χ3n) is 2.53. The summed E-state index contributed by atoms with van der Waals surface area (Å²) in [5.41, 5.74) is 1.05. The number of para-hydroxylation sites is 1. The predicted molar refractivity (Wildman–Crippen MR) is 65.5 cm³/mol. The molecule has 5 heteroatoms. The molecular formula is C13H14N2O3. The fourth-order valence-electron chi connectivity index (χ4n) is 1.64. The zero-order valence-corrected chi connectivity index (χ0v) is 10.1. The molecule has 0 radical (unpaired) electrons. The number of rotatable bonds is 5. The van der Waals surface area contributed by atoms with Crippen LogP contribution in [0.4, 0.5) is 0 Å². The Labute approximate surface area is 105 Å². The Kier molecular flexibility index (Phi) is 3.96. The number of carbonyl (C=O) groups excluding carboxylic acids is 1. The van der Waals surface area contributed by atoms with Crippen molar-refractivity contribution in [3.8, 4) is 5.75 Å². The molecule has 0 saturated heterocycles. The Balaban J connectivity index is 1.87. The Bertz CT molecular complexity index is 509. The van der Waals surface area contributed by atoms with E-state index in [2.05, 4.69) is 10.5 Å². The van der Waals surface area contributed by atoms with Gasteiger partial charge >= 0.3 is 0 Å². The minimum absolute atomic E-state index is 0.218. The lowest BCUT2D eigenvalue weighted by Gasteiger charge is -2.08. The van der Waals surface area contributed by atoms with Crippen molar-refractivity contribution in [2.45, 2.75) is 6.42 Å². The highest BCUT2D eigenvalue weighted by atomic mass is 16.5. The van der Waals surface area contributed by atoms with Crippen LogP contribution in [0.1, 0.15) is 16.1 Å². The average Bonchev–Trinajstić information content (AvgIpc) is 2.93. The third-order valence-corrected chi connectivity index (χ3v) is 2.53. The summed E-state index contributed by atoms with van der Waals surface area (Å²) in [5.74, 6) is 0.781. The fourth-order valence-corrected chi connectivity index (χ4v) is 1.64. The molecule has 0 bridgehead atoms. The van der Waals surface area contributed by atoms with E-state index in [4.69, 9.17) is 9.26 Å². The fraction of sp³-hybridized carbons (Fsp3) is 0.231. The molecule has 0 atom stereocenters. The van der Waals surface area contributed by atoms with Crippen LogP contribution in [0.25, 0.3) is 0 Å². The number of carbonyl (C=O) groups is 1. The molecule has 2 rings (SSSR count). The molecular weight excluding hydrogens is 232 g/mol. The van der Waals surface area contributed by atoms with Gasteiger partial charge < -0.3 is 14.6 Å². The third kappa shape index (κ3) is 2.88. The van der Waals surface area contributed by atoms with Gasteiger partial charge in [0.25, 0.3) is 5.91 Å². The molecule has 0 saturated carbocycles. The van der Waals surface area contributed by atoms with Crippen molar-refractivity contribution in [1.29, 1.82) is 0 Å². The summed E-state index contributed by atoms with van der Waals surface area (Å²) >= 11 is 0. The summed E-state index contributed by atoms with van der Waals surface area (Å²) < 4.78 is 9.99. The maximum Gasteiger partial charge on any atom is 0.289 e. The first-order chi connectivity index (χ1) is 8.81. The van der Waals surface area contributed by atoms with Crippen molar-refractivity contribution >= 4 is 5.91 Å². The second-order valence-corrected chi connectivity index (χ2v) is 3.69. The van der Waals surface area contributed by atoms with E-state index < -0.39 is 0 Å². The second kappa shape index (κ2) is 5.86. The number of benzene rings is 1. The maximum absolute atomic E-state index is 11.6. The van der Waals surface area contributed by atoms with E-state index in [1.807, 2.05) is 24.3 Å². The van der Waals surface area contributed by atoms with Gasteiger partial charge in [0.2, 0.25) is 5.76 Å². The first-order valence-electron chi connectivity index (χ1n) is 5.62. The smallest absolute Gasteiger partial charge is 0.289 e. The Morgan fingerprint density at radius 2 is 2.22 bits per heavy atom. The maximum atomic E-state index is 11.6. The number of hydrogen-bond donors (Lipinski definition) is 1. The molecule has 0 fully saturated rings. The van der Waals surface area contributed by atoms with Crippen molar-refractivity contribution in [3.05, 3.63) is 47.9 Å². The van der Waals surface area contributed by atoms with Crippen molar-refractivity contribution in [2.75, 3.05) is 13.7 Å². The van der Waals surface area contributed by atoms with Gasteiger partial charge in [0, 0.05) is 12.6 Å². The number of nitrogens with zero attached hydrogens (tertiary/aromatic N) is 1. The number of aromatic nitrogens is 1. The minimum Gasteiger partial charge on any atom is -0.496 e. The van der Waals surface area contributed by atoms with E-state index in [0.29, 0.717) is 13.0 Å². The van der Waals surface area contributed by atoms with E-state index in [1.165, 1.54) is 12.3 Å². The molecule has 1 heterocycles. The summed E-state index contributed by atoms with van der Waals surface area (Å²) in [5, 5.41) is 6.24. The Morgan fingerprint density at radius 1 is 1.39 bits per heavy atom. The molecule has 94 valence electrons. The van der Waals surface area contributed by atoms with Crippen LogP contribution in [-0.4, -0.2) is 24.7 Å². The van der Waals surface area contributed by atoms with Crippen molar-refractivity contribution in [3.63, 3.8) is 0 Å². The van der Waals surface area contributed by atoms with E-state index in [0.717, 1.165) is 11.3 Å². The van der Waals surface area contributed by atoms with Crippen LogP contribution in [0.5, 0.6) is 5.75 Å². The van der Waals surface area contributed by atoms with Crippen LogP contribution in [0.3, 0.4) is 0 Å². The van der Waals surface area contributed by atoms with Gasteiger partial charge in [-0.25, -0.2) is 0 Å². The van der Waals surface area contributed by atoms with Crippen molar-refractivity contribution < 1.29 is 14.1 Å². The predicted octanol–water partition coefficient (Wildman–Crippen LogP) is 1.66. The number of ether oxygens (including phenoxy) is 1. The summed E-state index contributed by atoms with van der Waals surface area (Å²) in [6.45, 7) is 0.514. The van der Waals surface area contributed by atoms with Gasteiger partial charge in [-0.2, -0.15) is 0 Å². The molecule has 0 unspecified atom stereocenters. The number of nitrogens with one attached hydrogen (secondary N) is 1. The lowest BCUT2D eigenvalue weighted by molar-refractivity contribution is 0.0917. The molecule has 0 aliphatic carbocycles. The standard InChI is InChI=1S/C13H14N2O3/c1-17-11-5-3-2-4-10(11)6-8-14-13(16)12-7-9-15-18-12/h2-5,7,9H,6,8H2,1H3,(H,14,16). The van der Waals surface area contributed by atoms with E-state index in [-0.39, 0.29) is 11.7 Å². The zero-order valence-electron chi connectivity index (χ0n) is 10.1. The van der Waals surface area contributed by atoms with Gasteiger partial charge in [-0.05, 0) is 18.1 Å². The lowest BCUT2D eigenvalue weighted by Crippen LogP contribution is -2.25. The second-order valence-electron chi connectivity index (χ2n) is 3.69. The van der Waals surface area contributed by atoms with E-state index in [1.54, 1.807) is 7.11 Å². The van der Waals surface area contributed by atoms with Gasteiger partial charge in [-0.1, -0.05) is 23.4 Å². The highest BCUT2D eigenvalue weighted by Crippen LogP contribution is 2.17. The van der Waals surface area contributed by atoms with Crippen LogP contribution in [-0.2, 0) is 6.42 Å². The molecule has 5 nitrogen and oxygen atoms in total. The van der Waals surface area contributed by atoms with Crippen molar-refractivity contribution in [1.82, 2.24) is 10.5 Å². The topological polar surface area (TPSA) is 64.4 Å². The number of hydrogen-bond acceptors (Lipinski definition) is 4. The number of amides is 1. The normalized spacial score (nSPS) is 10.1. The molecule has 0 spiro atoms.